The van der Waals surface area contributed by atoms with Crippen LogP contribution in [0.5, 0.6) is 5.75 Å². The fourth-order valence-electron chi connectivity index (χ4n) is 2.82. The monoisotopic (exact) mass is 548 g/mol. The molecule has 1 aromatic rings. The summed E-state index contributed by atoms with van der Waals surface area (Å²) >= 11 is 4.24. The summed E-state index contributed by atoms with van der Waals surface area (Å²) in [6.45, 7) is 12.8. The van der Waals surface area contributed by atoms with Crippen LogP contribution in [0.15, 0.2) is 24.3 Å². The smallest absolute Gasteiger partial charge is 0.119 e. The number of aliphatic hydroxyl groups is 1. The predicted molar refractivity (Wildman–Crippen MR) is 115 cm³/mol. The van der Waals surface area contributed by atoms with Crippen LogP contribution in [0.2, 0.25) is 0 Å². The van der Waals surface area contributed by atoms with Crippen LogP contribution in [0, 0.1) is 5.41 Å². The van der Waals surface area contributed by atoms with Gasteiger partial charge in [-0.3, -0.25) is 0 Å². The van der Waals surface area contributed by atoms with Crippen LogP contribution < -0.4 is 4.74 Å². The Kier molecular flexibility index (Phi) is 12.1. The Morgan fingerprint density at radius 3 is 1.96 bits per heavy atom. The Balaban J connectivity index is 0.00000232. The lowest BCUT2D eigenvalue weighted by Gasteiger charge is -2.33. The lowest BCUT2D eigenvalue weighted by molar-refractivity contribution is 0.0705. The van der Waals surface area contributed by atoms with Gasteiger partial charge in [-0.1, -0.05) is 46.8 Å². The van der Waals surface area contributed by atoms with E-state index in [-0.39, 0.29) is 12.0 Å². The molecule has 0 aromatic heterocycles. The zero-order chi connectivity index (χ0) is 17.9. The highest BCUT2D eigenvalue weighted by molar-refractivity contribution is 15.0. The van der Waals surface area contributed by atoms with Gasteiger partial charge in [-0.25, -0.2) is 0 Å². The molecule has 5 heteroatoms. The maximum absolute atomic E-state index is 8.60. The molecule has 0 atom stereocenters. The van der Waals surface area contributed by atoms with E-state index < -0.39 is 0 Å². The number of benzene rings is 1. The molecular weight excluding hydrogens is 518 g/mol. The molecule has 1 N–H and O–H groups in total. The highest BCUT2D eigenvalue weighted by atomic mass is 128. The highest BCUT2D eigenvalue weighted by Gasteiger charge is 2.27. The number of aliphatic hydroxyl groups excluding tert-OH is 1. The first-order valence-electron chi connectivity index (χ1n) is 7.81. The lowest BCUT2D eigenvalue weighted by atomic mass is 9.72. The Labute approximate surface area is 164 Å². The molecule has 0 aliphatic rings. The van der Waals surface area contributed by atoms with Crippen molar-refractivity contribution in [3.63, 3.8) is 0 Å². The normalized spacial score (nSPS) is 11.7. The average molecular weight is 548 g/mol. The van der Waals surface area contributed by atoms with E-state index >= 15 is 0 Å². The van der Waals surface area contributed by atoms with Gasteiger partial charge in [-0.05, 0) is 34.9 Å². The van der Waals surface area contributed by atoms with Crippen molar-refractivity contribution in [2.24, 2.45) is 5.41 Å². The van der Waals surface area contributed by atoms with E-state index in [4.69, 9.17) is 14.6 Å². The molecule has 23 heavy (non-hydrogen) atoms. The maximum Gasteiger partial charge on any atom is 0.119 e. The van der Waals surface area contributed by atoms with Gasteiger partial charge in [0.15, 0.2) is 0 Å². The predicted octanol–water partition coefficient (Wildman–Crippen LogP) is 5.56. The summed E-state index contributed by atoms with van der Waals surface area (Å²) in [5.41, 5.74) is 1.80. The number of ether oxygens (including phenoxy) is 2. The van der Waals surface area contributed by atoms with Gasteiger partial charge in [0.05, 0.1) is 19.8 Å². The maximum atomic E-state index is 8.60. The summed E-state index contributed by atoms with van der Waals surface area (Å²) in [5.74, 6) is 0.859. The molecule has 0 saturated carbocycles. The third kappa shape index (κ3) is 10.8. The minimum atomic E-state index is 0.0531. The first-order chi connectivity index (χ1) is 10.7. The molecule has 1 rings (SSSR count). The Morgan fingerprint density at radius 2 is 1.48 bits per heavy atom. The van der Waals surface area contributed by atoms with Crippen LogP contribution in [0.3, 0.4) is 0 Å². The van der Waals surface area contributed by atoms with Crippen LogP contribution in [0.25, 0.3) is 0 Å². The molecule has 0 amide bonds. The molecule has 0 aliphatic carbocycles. The molecule has 0 spiro atoms. The Bertz CT molecular complexity index is 411. The first-order valence-corrected chi connectivity index (χ1v) is 14.1. The van der Waals surface area contributed by atoms with Crippen LogP contribution in [0.1, 0.15) is 46.6 Å². The molecule has 0 radical (unpaired) electrons. The van der Waals surface area contributed by atoms with Gasteiger partial charge in [-0.2, -0.15) is 0 Å². The Morgan fingerprint density at radius 1 is 0.913 bits per heavy atom. The lowest BCUT2D eigenvalue weighted by Crippen LogP contribution is -2.24. The fraction of sp³-hybridized carbons (Fsp3) is 0.667. The van der Waals surface area contributed by atoms with Gasteiger partial charge in [-0.15, -0.1) is 0 Å². The van der Waals surface area contributed by atoms with Gasteiger partial charge >= 0.3 is 0 Å². The summed E-state index contributed by atoms with van der Waals surface area (Å²) in [6.07, 6.45) is 1.13. The standard InChI is InChI=1S/C18H30O3.I2/c1-17(2,3)14-18(4,5)15-6-8-16(9-7-15)21-13-12-20-11-10-19;1-2/h6-9,19H,10-14H2,1-5H3;. The van der Waals surface area contributed by atoms with E-state index in [0.29, 0.717) is 25.2 Å². The van der Waals surface area contributed by atoms with Crippen molar-refractivity contribution < 1.29 is 14.6 Å². The third-order valence-electron chi connectivity index (χ3n) is 3.34. The van der Waals surface area contributed by atoms with Gasteiger partial charge in [0.2, 0.25) is 0 Å². The van der Waals surface area contributed by atoms with E-state index in [9.17, 15) is 0 Å². The second-order valence-electron chi connectivity index (χ2n) is 7.33. The van der Waals surface area contributed by atoms with Crippen molar-refractivity contribution in [1.29, 1.82) is 0 Å². The van der Waals surface area contributed by atoms with E-state index in [1.807, 2.05) is 12.1 Å². The van der Waals surface area contributed by atoms with Crippen LogP contribution in [-0.2, 0) is 10.2 Å². The molecule has 1 aromatic carbocycles. The van der Waals surface area contributed by atoms with Crippen molar-refractivity contribution in [3.05, 3.63) is 29.8 Å². The largest absolute Gasteiger partial charge is 0.491 e. The van der Waals surface area contributed by atoms with Gasteiger partial charge in [0.25, 0.3) is 0 Å². The average Bonchev–Trinajstić information content (AvgIpc) is 2.47. The molecule has 0 heterocycles. The molecule has 0 bridgehead atoms. The summed E-state index contributed by atoms with van der Waals surface area (Å²) in [6, 6.07) is 8.34. The fourth-order valence-corrected chi connectivity index (χ4v) is 2.82. The van der Waals surface area contributed by atoms with Gasteiger partial charge < -0.3 is 14.6 Å². The SMILES string of the molecule is CC(C)(C)CC(C)(C)c1ccc(OCCOCCO)cc1.II. The van der Waals surface area contributed by atoms with Gasteiger partial charge in [0, 0.05) is 37.2 Å². The van der Waals surface area contributed by atoms with Gasteiger partial charge in [0.1, 0.15) is 12.4 Å². The van der Waals surface area contributed by atoms with E-state index in [1.165, 1.54) is 5.56 Å². The molecule has 3 nitrogen and oxygen atoms in total. The molecule has 0 unspecified atom stereocenters. The van der Waals surface area contributed by atoms with E-state index in [1.54, 1.807) is 0 Å². The van der Waals surface area contributed by atoms with E-state index in [0.717, 1.165) is 12.2 Å². The van der Waals surface area contributed by atoms with Crippen molar-refractivity contribution in [3.8, 4) is 5.75 Å². The van der Waals surface area contributed by atoms with Crippen LogP contribution in [0.4, 0.5) is 0 Å². The molecule has 134 valence electrons. The van der Waals surface area contributed by atoms with Crippen molar-refractivity contribution in [1.82, 2.24) is 0 Å². The van der Waals surface area contributed by atoms with Crippen molar-refractivity contribution in [2.75, 3.05) is 26.4 Å². The quantitative estimate of drug-likeness (QED) is 0.342. The van der Waals surface area contributed by atoms with Crippen LogP contribution >= 0.6 is 37.2 Å². The zero-order valence-electron chi connectivity index (χ0n) is 14.9. The zero-order valence-corrected chi connectivity index (χ0v) is 19.2. The summed E-state index contributed by atoms with van der Waals surface area (Å²) in [4.78, 5) is 0. The minimum Gasteiger partial charge on any atom is -0.491 e. The second-order valence-corrected chi connectivity index (χ2v) is 7.33. The summed E-state index contributed by atoms with van der Waals surface area (Å²) < 4.78 is 10.8. The second kappa shape index (κ2) is 11.9. The Hall–Kier alpha value is 0.400. The van der Waals surface area contributed by atoms with Crippen molar-refractivity contribution in [2.45, 2.75) is 46.5 Å². The number of hydrogen-bond donors (Lipinski definition) is 1. The van der Waals surface area contributed by atoms with E-state index in [2.05, 4.69) is 84.0 Å². The number of rotatable bonds is 8. The first kappa shape index (κ1) is 23.4. The molecular formula is C18H30I2O3. The summed E-state index contributed by atoms with van der Waals surface area (Å²) in [7, 11) is 0. The molecule has 0 saturated heterocycles. The minimum absolute atomic E-state index is 0.0531. The van der Waals surface area contributed by atoms with Crippen LogP contribution in [-0.4, -0.2) is 31.5 Å². The summed E-state index contributed by atoms with van der Waals surface area (Å²) in [5, 5.41) is 8.60. The highest BCUT2D eigenvalue weighted by Crippen LogP contribution is 2.36. The molecule has 0 aliphatic heterocycles. The number of hydrogen-bond acceptors (Lipinski definition) is 3. The third-order valence-corrected chi connectivity index (χ3v) is 3.34. The topological polar surface area (TPSA) is 38.7 Å². The molecule has 0 fully saturated rings. The number of halogens is 2. The van der Waals surface area contributed by atoms with Crippen molar-refractivity contribution >= 4 is 37.2 Å².